The molecule has 1 spiro atoms. The van der Waals surface area contributed by atoms with Crippen LogP contribution in [0.3, 0.4) is 0 Å². The zero-order chi connectivity index (χ0) is 19.4. The number of nitrogens with zero attached hydrogens (tertiary/aromatic N) is 3. The smallest absolute Gasteiger partial charge is 0.236 e. The van der Waals surface area contributed by atoms with Gasteiger partial charge in [-0.05, 0) is 50.4 Å². The first kappa shape index (κ1) is 19.7. The Hall–Kier alpha value is -2.08. The third-order valence-corrected chi connectivity index (χ3v) is 6.02. The van der Waals surface area contributed by atoms with Crippen LogP contribution in [0.2, 0.25) is 0 Å². The van der Waals surface area contributed by atoms with Gasteiger partial charge in [-0.15, -0.1) is 0 Å². The largest absolute Gasteiger partial charge is 0.497 e. The molecule has 2 amide bonds. The van der Waals surface area contributed by atoms with Crippen LogP contribution in [-0.2, 0) is 16.1 Å². The molecular formula is C21H31N3O3. The number of ether oxygens (including phenoxy) is 1. The molecule has 2 aliphatic heterocycles. The first-order valence-corrected chi connectivity index (χ1v) is 9.86. The third kappa shape index (κ3) is 4.26. The van der Waals surface area contributed by atoms with Crippen molar-refractivity contribution in [2.75, 3.05) is 46.9 Å². The predicted octanol–water partition coefficient (Wildman–Crippen LogP) is 1.99. The molecule has 0 N–H and O–H groups in total. The van der Waals surface area contributed by atoms with E-state index in [0.29, 0.717) is 26.2 Å². The van der Waals surface area contributed by atoms with Gasteiger partial charge in [0, 0.05) is 33.2 Å². The summed E-state index contributed by atoms with van der Waals surface area (Å²) in [6.07, 6.45) is 2.80. The summed E-state index contributed by atoms with van der Waals surface area (Å²) in [5.74, 6) is 1.19. The second-order valence-corrected chi connectivity index (χ2v) is 7.83. The second kappa shape index (κ2) is 8.30. The van der Waals surface area contributed by atoms with Gasteiger partial charge in [0.15, 0.2) is 0 Å². The molecule has 1 atom stereocenters. The van der Waals surface area contributed by atoms with E-state index in [0.717, 1.165) is 43.7 Å². The fraction of sp³-hybridized carbons (Fsp3) is 0.619. The van der Waals surface area contributed by atoms with E-state index in [1.54, 1.807) is 12.0 Å². The molecule has 27 heavy (non-hydrogen) atoms. The van der Waals surface area contributed by atoms with Gasteiger partial charge in [0.05, 0.1) is 19.1 Å². The molecule has 0 aliphatic carbocycles. The molecule has 0 aromatic heterocycles. The van der Waals surface area contributed by atoms with Crippen LogP contribution in [0.25, 0.3) is 0 Å². The maximum Gasteiger partial charge on any atom is 0.236 e. The average molecular weight is 373 g/mol. The van der Waals surface area contributed by atoms with E-state index < -0.39 is 0 Å². The molecule has 1 unspecified atom stereocenters. The highest BCUT2D eigenvalue weighted by molar-refractivity contribution is 5.84. The number of carbonyl (C=O) groups excluding carboxylic acids is 2. The van der Waals surface area contributed by atoms with Crippen LogP contribution < -0.4 is 4.74 Å². The van der Waals surface area contributed by atoms with Crippen molar-refractivity contribution in [3.05, 3.63) is 29.8 Å². The van der Waals surface area contributed by atoms with Crippen molar-refractivity contribution in [3.8, 4) is 5.75 Å². The summed E-state index contributed by atoms with van der Waals surface area (Å²) in [6.45, 7) is 6.04. The molecule has 2 aliphatic rings. The minimum atomic E-state index is -0.317. The van der Waals surface area contributed by atoms with Crippen molar-refractivity contribution >= 4 is 11.8 Å². The number of amides is 2. The van der Waals surface area contributed by atoms with Gasteiger partial charge in [0.1, 0.15) is 5.75 Å². The first-order chi connectivity index (χ1) is 13.0. The Labute approximate surface area is 162 Å². The Kier molecular flexibility index (Phi) is 6.05. The standard InChI is InChI=1S/C21H31N3O3/c1-4-22(2)19(25)15-23-12-10-21(16-23)9-6-11-24(20(21)26)14-17-7-5-8-18(13-17)27-3/h5,7-8,13H,4,6,9-12,14-16H2,1-3H3. The molecule has 0 radical (unpaired) electrons. The molecular weight excluding hydrogens is 342 g/mol. The Balaban J connectivity index is 1.65. The number of likely N-dealkylation sites (tertiary alicyclic amines) is 2. The fourth-order valence-corrected chi connectivity index (χ4v) is 4.25. The van der Waals surface area contributed by atoms with Gasteiger partial charge >= 0.3 is 0 Å². The van der Waals surface area contributed by atoms with Crippen molar-refractivity contribution in [1.29, 1.82) is 0 Å². The van der Waals surface area contributed by atoms with Crippen molar-refractivity contribution in [2.45, 2.75) is 32.7 Å². The van der Waals surface area contributed by atoms with Crippen LogP contribution in [0, 0.1) is 5.41 Å². The molecule has 2 heterocycles. The van der Waals surface area contributed by atoms with Gasteiger partial charge < -0.3 is 14.5 Å². The van der Waals surface area contributed by atoms with Crippen LogP contribution in [0.15, 0.2) is 24.3 Å². The van der Waals surface area contributed by atoms with Crippen LogP contribution in [0.5, 0.6) is 5.75 Å². The number of hydrogen-bond donors (Lipinski definition) is 0. The Bertz CT molecular complexity index is 693. The molecule has 1 aromatic rings. The van der Waals surface area contributed by atoms with Gasteiger partial charge in [0.2, 0.25) is 11.8 Å². The molecule has 1 aromatic carbocycles. The summed E-state index contributed by atoms with van der Waals surface area (Å²) >= 11 is 0. The van der Waals surface area contributed by atoms with Crippen molar-refractivity contribution in [2.24, 2.45) is 5.41 Å². The Morgan fingerprint density at radius 1 is 1.30 bits per heavy atom. The van der Waals surface area contributed by atoms with E-state index in [4.69, 9.17) is 4.74 Å². The van der Waals surface area contributed by atoms with Gasteiger partial charge in [-0.3, -0.25) is 14.5 Å². The normalized spacial score (nSPS) is 23.1. The SMILES string of the molecule is CCN(C)C(=O)CN1CCC2(CCCN(Cc3cccc(OC)c3)C2=O)C1. The lowest BCUT2D eigenvalue weighted by Crippen LogP contribution is -2.50. The average Bonchev–Trinajstić information content (AvgIpc) is 3.08. The summed E-state index contributed by atoms with van der Waals surface area (Å²) in [4.78, 5) is 31.4. The number of benzene rings is 1. The topological polar surface area (TPSA) is 53.1 Å². The number of hydrogen-bond acceptors (Lipinski definition) is 4. The zero-order valence-electron chi connectivity index (χ0n) is 16.7. The summed E-state index contributed by atoms with van der Waals surface area (Å²) in [6, 6.07) is 7.92. The molecule has 2 fully saturated rings. The molecule has 0 saturated carbocycles. The van der Waals surface area contributed by atoms with E-state index in [1.165, 1.54) is 0 Å². The van der Waals surface area contributed by atoms with Crippen LogP contribution >= 0.6 is 0 Å². The van der Waals surface area contributed by atoms with Crippen LogP contribution in [0.1, 0.15) is 31.7 Å². The Morgan fingerprint density at radius 2 is 2.11 bits per heavy atom. The number of likely N-dealkylation sites (N-methyl/N-ethyl adjacent to an activating group) is 1. The van der Waals surface area contributed by atoms with E-state index >= 15 is 0 Å². The van der Waals surface area contributed by atoms with E-state index in [-0.39, 0.29) is 17.2 Å². The van der Waals surface area contributed by atoms with E-state index in [1.807, 2.05) is 43.1 Å². The second-order valence-electron chi connectivity index (χ2n) is 7.83. The lowest BCUT2D eigenvalue weighted by molar-refractivity contribution is -0.146. The lowest BCUT2D eigenvalue weighted by Gasteiger charge is -2.39. The third-order valence-electron chi connectivity index (χ3n) is 6.02. The van der Waals surface area contributed by atoms with Gasteiger partial charge in [-0.25, -0.2) is 0 Å². The molecule has 6 nitrogen and oxygen atoms in total. The Morgan fingerprint density at radius 3 is 2.85 bits per heavy atom. The highest BCUT2D eigenvalue weighted by atomic mass is 16.5. The first-order valence-electron chi connectivity index (χ1n) is 9.86. The van der Waals surface area contributed by atoms with E-state index in [2.05, 4.69) is 4.90 Å². The maximum absolute atomic E-state index is 13.3. The minimum Gasteiger partial charge on any atom is -0.497 e. The quantitative estimate of drug-likeness (QED) is 0.765. The summed E-state index contributed by atoms with van der Waals surface area (Å²) < 4.78 is 5.30. The van der Waals surface area contributed by atoms with E-state index in [9.17, 15) is 9.59 Å². The number of methoxy groups -OCH3 is 1. The summed E-state index contributed by atoms with van der Waals surface area (Å²) in [7, 11) is 3.49. The molecule has 2 saturated heterocycles. The summed E-state index contributed by atoms with van der Waals surface area (Å²) in [5, 5.41) is 0. The van der Waals surface area contributed by atoms with Crippen LogP contribution in [0.4, 0.5) is 0 Å². The van der Waals surface area contributed by atoms with Crippen molar-refractivity contribution in [1.82, 2.24) is 14.7 Å². The monoisotopic (exact) mass is 373 g/mol. The fourth-order valence-electron chi connectivity index (χ4n) is 4.25. The molecule has 6 heteroatoms. The van der Waals surface area contributed by atoms with Crippen LogP contribution in [-0.4, -0.2) is 73.4 Å². The number of rotatable bonds is 6. The van der Waals surface area contributed by atoms with Crippen molar-refractivity contribution < 1.29 is 14.3 Å². The molecule has 3 rings (SSSR count). The highest BCUT2D eigenvalue weighted by Crippen LogP contribution is 2.40. The van der Waals surface area contributed by atoms with Gasteiger partial charge in [0.25, 0.3) is 0 Å². The van der Waals surface area contributed by atoms with Gasteiger partial charge in [-0.2, -0.15) is 0 Å². The highest BCUT2D eigenvalue weighted by Gasteiger charge is 2.48. The number of carbonyl (C=O) groups is 2. The molecule has 148 valence electrons. The van der Waals surface area contributed by atoms with Gasteiger partial charge in [-0.1, -0.05) is 12.1 Å². The molecule has 0 bridgehead atoms. The lowest BCUT2D eigenvalue weighted by atomic mass is 9.78. The zero-order valence-corrected chi connectivity index (χ0v) is 16.7. The predicted molar refractivity (Wildman–Crippen MR) is 104 cm³/mol. The summed E-state index contributed by atoms with van der Waals surface area (Å²) in [5.41, 5.74) is 0.775. The maximum atomic E-state index is 13.3. The number of piperidine rings is 1. The van der Waals surface area contributed by atoms with Crippen molar-refractivity contribution in [3.63, 3.8) is 0 Å². The minimum absolute atomic E-state index is 0.131.